The monoisotopic (exact) mass is 358 g/mol. The first-order chi connectivity index (χ1) is 11.3. The number of benzene rings is 2. The summed E-state index contributed by atoms with van der Waals surface area (Å²) in [5, 5.41) is 13.7. The lowest BCUT2D eigenvalue weighted by Crippen LogP contribution is -2.05. The van der Waals surface area contributed by atoms with Crippen molar-refractivity contribution in [3.05, 3.63) is 52.5 Å². The van der Waals surface area contributed by atoms with E-state index in [0.29, 0.717) is 17.9 Å². The molecule has 8 heteroatoms. The Hall–Kier alpha value is -2.41. The van der Waals surface area contributed by atoms with Gasteiger partial charge in [-0.15, -0.1) is 0 Å². The predicted octanol–water partition coefficient (Wildman–Crippen LogP) is 4.91. The Morgan fingerprint density at radius 3 is 2.62 bits per heavy atom. The van der Waals surface area contributed by atoms with Gasteiger partial charge in [0.15, 0.2) is 0 Å². The number of phenolic OH excluding ortho intramolecular Hbond substituents is 1. The average Bonchev–Trinajstić information content (AvgIpc) is 2.50. The van der Waals surface area contributed by atoms with Crippen molar-refractivity contribution in [2.45, 2.75) is 13.1 Å². The summed E-state index contributed by atoms with van der Waals surface area (Å²) < 4.78 is 43.3. The molecule has 2 rings (SSSR count). The summed E-state index contributed by atoms with van der Waals surface area (Å²) in [6.45, 7) is 2.28. The molecule has 0 atom stereocenters. The largest absolute Gasteiger partial charge is 0.507 e. The molecule has 24 heavy (non-hydrogen) atoms. The Morgan fingerprint density at radius 1 is 1.25 bits per heavy atom. The smallest absolute Gasteiger partial charge is 0.416 e. The van der Waals surface area contributed by atoms with Crippen molar-refractivity contribution >= 4 is 23.5 Å². The summed E-state index contributed by atoms with van der Waals surface area (Å²) in [6.07, 6.45) is -3.21. The highest BCUT2D eigenvalue weighted by Crippen LogP contribution is 2.33. The standard InChI is InChI=1S/C16H14ClF3N2O2/c1-2-24-12-5-3-10(15(23)8-12)9-21-22-14-7-11(16(18,19)20)4-6-13(14)17/h3-9,22-23H,2H2,1H3/b21-9+. The Bertz CT molecular complexity index is 749. The maximum atomic E-state index is 12.7. The van der Waals surface area contributed by atoms with Crippen LogP contribution >= 0.6 is 11.6 Å². The predicted molar refractivity (Wildman–Crippen MR) is 86.9 cm³/mol. The zero-order chi connectivity index (χ0) is 17.7. The van der Waals surface area contributed by atoms with Crippen molar-refractivity contribution in [1.82, 2.24) is 0 Å². The molecule has 0 saturated heterocycles. The fraction of sp³-hybridized carbons (Fsp3) is 0.188. The number of nitrogens with zero attached hydrogens (tertiary/aromatic N) is 1. The fourth-order valence-corrected chi connectivity index (χ4v) is 2.01. The van der Waals surface area contributed by atoms with Gasteiger partial charge in [0, 0.05) is 11.6 Å². The van der Waals surface area contributed by atoms with Crippen LogP contribution < -0.4 is 10.2 Å². The molecule has 4 nitrogen and oxygen atoms in total. The molecule has 0 radical (unpaired) electrons. The van der Waals surface area contributed by atoms with Crippen LogP contribution in [-0.2, 0) is 6.18 Å². The molecule has 0 aliphatic carbocycles. The number of hydrazone groups is 1. The van der Waals surface area contributed by atoms with Gasteiger partial charge in [-0.2, -0.15) is 18.3 Å². The van der Waals surface area contributed by atoms with Gasteiger partial charge in [0.1, 0.15) is 11.5 Å². The van der Waals surface area contributed by atoms with Gasteiger partial charge in [0.2, 0.25) is 0 Å². The maximum absolute atomic E-state index is 12.7. The number of hydrogen-bond acceptors (Lipinski definition) is 4. The summed E-state index contributed by atoms with van der Waals surface area (Å²) >= 11 is 5.85. The van der Waals surface area contributed by atoms with E-state index in [0.717, 1.165) is 18.2 Å². The number of alkyl halides is 3. The number of halogens is 4. The lowest BCUT2D eigenvalue weighted by molar-refractivity contribution is -0.137. The molecule has 2 aromatic carbocycles. The second-order valence-corrected chi connectivity index (χ2v) is 5.12. The third-order valence-electron chi connectivity index (χ3n) is 3.00. The Balaban J connectivity index is 2.14. The minimum atomic E-state index is -4.47. The normalized spacial score (nSPS) is 11.7. The third-order valence-corrected chi connectivity index (χ3v) is 3.32. The van der Waals surface area contributed by atoms with Crippen LogP contribution in [0.3, 0.4) is 0 Å². The van der Waals surface area contributed by atoms with Gasteiger partial charge in [0.25, 0.3) is 0 Å². The highest BCUT2D eigenvalue weighted by molar-refractivity contribution is 6.33. The molecule has 0 bridgehead atoms. The number of rotatable bonds is 5. The maximum Gasteiger partial charge on any atom is 0.416 e. The zero-order valence-corrected chi connectivity index (χ0v) is 13.3. The van der Waals surface area contributed by atoms with E-state index in [2.05, 4.69) is 10.5 Å². The van der Waals surface area contributed by atoms with Crippen LogP contribution in [0.2, 0.25) is 5.02 Å². The van der Waals surface area contributed by atoms with E-state index < -0.39 is 11.7 Å². The molecule has 0 saturated carbocycles. The second kappa shape index (κ2) is 7.44. The van der Waals surface area contributed by atoms with Crippen molar-refractivity contribution in [3.8, 4) is 11.5 Å². The van der Waals surface area contributed by atoms with E-state index in [1.54, 1.807) is 12.1 Å². The van der Waals surface area contributed by atoms with Gasteiger partial charge in [-0.25, -0.2) is 0 Å². The minimum Gasteiger partial charge on any atom is -0.507 e. The molecule has 0 aliphatic heterocycles. The summed E-state index contributed by atoms with van der Waals surface area (Å²) in [4.78, 5) is 0. The first kappa shape index (κ1) is 17.9. The Labute approximate surface area is 141 Å². The van der Waals surface area contributed by atoms with Gasteiger partial charge in [-0.1, -0.05) is 11.6 Å². The molecule has 2 aromatic rings. The number of nitrogens with one attached hydrogen (secondary N) is 1. The molecule has 0 spiro atoms. The van der Waals surface area contributed by atoms with Gasteiger partial charge in [-0.05, 0) is 37.3 Å². The van der Waals surface area contributed by atoms with Crippen LogP contribution in [-0.4, -0.2) is 17.9 Å². The highest BCUT2D eigenvalue weighted by Gasteiger charge is 2.30. The molecule has 0 unspecified atom stereocenters. The van der Waals surface area contributed by atoms with E-state index in [9.17, 15) is 18.3 Å². The van der Waals surface area contributed by atoms with E-state index in [-0.39, 0.29) is 16.5 Å². The van der Waals surface area contributed by atoms with Crippen LogP contribution in [0.15, 0.2) is 41.5 Å². The Morgan fingerprint density at radius 2 is 2.00 bits per heavy atom. The first-order valence-electron chi connectivity index (χ1n) is 6.93. The highest BCUT2D eigenvalue weighted by atomic mass is 35.5. The van der Waals surface area contributed by atoms with E-state index >= 15 is 0 Å². The van der Waals surface area contributed by atoms with Crippen LogP contribution in [0.5, 0.6) is 11.5 Å². The lowest BCUT2D eigenvalue weighted by Gasteiger charge is -2.10. The molecule has 0 heterocycles. The van der Waals surface area contributed by atoms with Gasteiger partial charge in [0.05, 0.1) is 29.1 Å². The summed E-state index contributed by atoms with van der Waals surface area (Å²) in [6, 6.07) is 7.51. The van der Waals surface area contributed by atoms with Gasteiger partial charge in [-0.3, -0.25) is 5.43 Å². The average molecular weight is 359 g/mol. The van der Waals surface area contributed by atoms with E-state index in [1.165, 1.54) is 12.3 Å². The van der Waals surface area contributed by atoms with Crippen LogP contribution in [0.1, 0.15) is 18.1 Å². The van der Waals surface area contributed by atoms with Crippen molar-refractivity contribution < 1.29 is 23.0 Å². The van der Waals surface area contributed by atoms with Gasteiger partial charge >= 0.3 is 6.18 Å². The fourth-order valence-electron chi connectivity index (χ4n) is 1.85. The molecule has 0 fully saturated rings. The summed E-state index contributed by atoms with van der Waals surface area (Å²) in [7, 11) is 0. The molecule has 0 aliphatic rings. The van der Waals surface area contributed by atoms with E-state index in [1.807, 2.05) is 6.92 Å². The van der Waals surface area contributed by atoms with Gasteiger partial charge < -0.3 is 9.84 Å². The van der Waals surface area contributed by atoms with Crippen LogP contribution in [0.4, 0.5) is 18.9 Å². The topological polar surface area (TPSA) is 53.8 Å². The minimum absolute atomic E-state index is 0.00756. The summed E-state index contributed by atoms with van der Waals surface area (Å²) in [5.41, 5.74) is 1.97. The molecule has 0 aromatic heterocycles. The van der Waals surface area contributed by atoms with Crippen molar-refractivity contribution in [1.29, 1.82) is 0 Å². The molecular weight excluding hydrogens is 345 g/mol. The number of phenols is 1. The number of aromatic hydroxyl groups is 1. The zero-order valence-electron chi connectivity index (χ0n) is 12.6. The second-order valence-electron chi connectivity index (χ2n) is 4.72. The Kier molecular flexibility index (Phi) is 5.56. The van der Waals surface area contributed by atoms with Crippen LogP contribution in [0.25, 0.3) is 0 Å². The van der Waals surface area contributed by atoms with Crippen molar-refractivity contribution in [3.63, 3.8) is 0 Å². The van der Waals surface area contributed by atoms with Crippen molar-refractivity contribution in [2.75, 3.05) is 12.0 Å². The molecular formula is C16H14ClF3N2O2. The SMILES string of the molecule is CCOc1ccc(/C=N/Nc2cc(C(F)(F)F)ccc2Cl)c(O)c1. The quantitative estimate of drug-likeness (QED) is 0.590. The summed E-state index contributed by atoms with van der Waals surface area (Å²) in [5.74, 6) is 0.433. The third kappa shape index (κ3) is 4.55. The molecule has 0 amide bonds. The number of hydrogen-bond donors (Lipinski definition) is 2. The van der Waals surface area contributed by atoms with Crippen LogP contribution in [0, 0.1) is 0 Å². The molecule has 2 N–H and O–H groups in total. The number of ether oxygens (including phenoxy) is 1. The molecule has 128 valence electrons. The lowest BCUT2D eigenvalue weighted by atomic mass is 10.2. The van der Waals surface area contributed by atoms with E-state index in [4.69, 9.17) is 16.3 Å². The van der Waals surface area contributed by atoms with Crippen molar-refractivity contribution in [2.24, 2.45) is 5.10 Å². The number of anilines is 1. The first-order valence-corrected chi connectivity index (χ1v) is 7.30.